The maximum Gasteiger partial charge on any atom is 1.00 e. The Balaban J connectivity index is 0.00000256. The van der Waals surface area contributed by atoms with E-state index in [4.69, 9.17) is 0 Å². The Kier molecular flexibility index (Phi) is 6.83. The van der Waals surface area contributed by atoms with E-state index < -0.39 is 5.97 Å². The number of phenols is 1. The number of aryl methyl sites for hydroxylation is 1. The van der Waals surface area contributed by atoms with E-state index in [1.165, 1.54) is 12.1 Å². The molecule has 1 atom stereocenters. The minimum Gasteiger partial charge on any atom is -0.545 e. The first kappa shape index (κ1) is 16.5. The molecule has 0 aliphatic carbocycles. The molecule has 0 saturated heterocycles. The fourth-order valence-corrected chi connectivity index (χ4v) is 1.91. The zero-order chi connectivity index (χ0) is 12.3. The first-order valence-corrected chi connectivity index (χ1v) is 5.52. The first-order valence-electron chi connectivity index (χ1n) is 5.52. The maximum atomic E-state index is 10.9. The summed E-state index contributed by atoms with van der Waals surface area (Å²) in [6, 6.07) is 3.02. The van der Waals surface area contributed by atoms with Gasteiger partial charge in [0.05, 0.1) is 5.97 Å². The maximum absolute atomic E-state index is 10.9. The number of carbonyl (C=O) groups is 1. The molecule has 1 aromatic carbocycles. The topological polar surface area (TPSA) is 60.4 Å². The monoisotopic (exact) mass is 244 g/mol. The van der Waals surface area contributed by atoms with Crippen LogP contribution in [0.5, 0.6) is 5.75 Å². The Hall–Kier alpha value is -0.510. The van der Waals surface area contributed by atoms with Gasteiger partial charge in [-0.25, -0.2) is 0 Å². The van der Waals surface area contributed by atoms with Gasteiger partial charge in [0.1, 0.15) is 5.75 Å². The molecule has 3 nitrogen and oxygen atoms in total. The average molecular weight is 244 g/mol. The molecule has 0 fully saturated rings. The third-order valence-corrected chi connectivity index (χ3v) is 2.85. The Morgan fingerprint density at radius 2 is 2.06 bits per heavy atom. The number of carboxylic acid groups (broad SMARTS) is 1. The minimum atomic E-state index is -1.19. The summed E-state index contributed by atoms with van der Waals surface area (Å²) in [6.07, 6.45) is 1.91. The van der Waals surface area contributed by atoms with Crippen LogP contribution >= 0.6 is 0 Å². The summed E-state index contributed by atoms with van der Waals surface area (Å²) in [5, 5.41) is 20.7. The van der Waals surface area contributed by atoms with Crippen LogP contribution in [0.4, 0.5) is 0 Å². The van der Waals surface area contributed by atoms with Crippen LogP contribution in [0, 0.1) is 6.92 Å². The van der Waals surface area contributed by atoms with Gasteiger partial charge < -0.3 is 15.0 Å². The Morgan fingerprint density at radius 3 is 2.53 bits per heavy atom. The van der Waals surface area contributed by atoms with Crippen molar-refractivity contribution in [1.29, 1.82) is 0 Å². The normalized spacial score (nSPS) is 11.7. The molecule has 0 aliphatic heterocycles. The molecular formula is C13H17NaO3. The molecule has 0 spiro atoms. The third kappa shape index (κ3) is 4.02. The Bertz CT molecular complexity index is 402. The van der Waals surface area contributed by atoms with Crippen molar-refractivity contribution in [3.05, 3.63) is 28.8 Å². The van der Waals surface area contributed by atoms with E-state index >= 15 is 0 Å². The molecule has 1 N–H and O–H groups in total. The second-order valence-electron chi connectivity index (χ2n) is 4.20. The second-order valence-corrected chi connectivity index (χ2v) is 4.20. The van der Waals surface area contributed by atoms with Gasteiger partial charge in [0.25, 0.3) is 0 Å². The number of hydrogen-bond donors (Lipinski definition) is 1. The average Bonchev–Trinajstić information content (AvgIpc) is 2.17. The van der Waals surface area contributed by atoms with Crippen LogP contribution in [0.25, 0.3) is 0 Å². The van der Waals surface area contributed by atoms with Crippen molar-refractivity contribution >= 4 is 5.97 Å². The summed E-state index contributed by atoms with van der Waals surface area (Å²) in [5.74, 6) is -0.866. The molecule has 1 aromatic rings. The summed E-state index contributed by atoms with van der Waals surface area (Å²) in [7, 11) is 0. The van der Waals surface area contributed by atoms with Gasteiger partial charge in [-0.15, -0.1) is 0 Å². The van der Waals surface area contributed by atoms with E-state index in [0.29, 0.717) is 11.1 Å². The predicted molar refractivity (Wildman–Crippen MR) is 60.5 cm³/mol. The number of benzene rings is 1. The summed E-state index contributed by atoms with van der Waals surface area (Å²) in [6.45, 7) is 5.69. The van der Waals surface area contributed by atoms with E-state index in [1.54, 1.807) is 6.92 Å². The second kappa shape index (κ2) is 7.04. The van der Waals surface area contributed by atoms with Crippen molar-refractivity contribution in [2.24, 2.45) is 0 Å². The summed E-state index contributed by atoms with van der Waals surface area (Å²) >= 11 is 0. The summed E-state index contributed by atoms with van der Waals surface area (Å²) < 4.78 is 0. The standard InChI is InChI=1S/C13H18O3.Na/c1-4-5-8(2)10-7-11(13(15)16)9(3)6-12(10)14;/h6-8,14H,4-5H2,1-3H3,(H,15,16);/q;+1/p-1. The van der Waals surface area contributed by atoms with E-state index in [0.717, 1.165) is 12.8 Å². The molecule has 0 bridgehead atoms. The van der Waals surface area contributed by atoms with Crippen LogP contribution in [-0.2, 0) is 0 Å². The number of aromatic hydroxyl groups is 1. The molecule has 0 aliphatic rings. The molecule has 17 heavy (non-hydrogen) atoms. The number of aromatic carboxylic acids is 1. The van der Waals surface area contributed by atoms with Crippen molar-refractivity contribution in [3.63, 3.8) is 0 Å². The van der Waals surface area contributed by atoms with Crippen LogP contribution in [0.3, 0.4) is 0 Å². The van der Waals surface area contributed by atoms with E-state index in [1.807, 2.05) is 6.92 Å². The van der Waals surface area contributed by atoms with Gasteiger partial charge in [0.15, 0.2) is 0 Å². The summed E-state index contributed by atoms with van der Waals surface area (Å²) in [5.41, 5.74) is 1.38. The van der Waals surface area contributed by atoms with Gasteiger partial charge in [-0.2, -0.15) is 0 Å². The molecule has 1 rings (SSSR count). The smallest absolute Gasteiger partial charge is 0.545 e. The minimum absolute atomic E-state index is 0. The van der Waals surface area contributed by atoms with E-state index in [-0.39, 0.29) is 46.8 Å². The van der Waals surface area contributed by atoms with Gasteiger partial charge in [0.2, 0.25) is 0 Å². The fraction of sp³-hybridized carbons (Fsp3) is 0.462. The number of rotatable bonds is 4. The van der Waals surface area contributed by atoms with Crippen LogP contribution in [-0.4, -0.2) is 11.1 Å². The number of phenolic OH excluding ortho intramolecular Hbond substituents is 1. The van der Waals surface area contributed by atoms with Gasteiger partial charge in [0, 0.05) is 5.56 Å². The van der Waals surface area contributed by atoms with Crippen LogP contribution in [0.2, 0.25) is 0 Å². The summed E-state index contributed by atoms with van der Waals surface area (Å²) in [4.78, 5) is 10.9. The molecule has 4 heteroatoms. The van der Waals surface area contributed by atoms with E-state index in [9.17, 15) is 15.0 Å². The zero-order valence-electron chi connectivity index (χ0n) is 10.9. The van der Waals surface area contributed by atoms with Crippen LogP contribution in [0.15, 0.2) is 12.1 Å². The van der Waals surface area contributed by atoms with Crippen molar-refractivity contribution < 1.29 is 44.6 Å². The van der Waals surface area contributed by atoms with Crippen LogP contribution in [0.1, 0.15) is 54.1 Å². The number of carboxylic acids is 1. The van der Waals surface area contributed by atoms with E-state index in [2.05, 4.69) is 6.92 Å². The van der Waals surface area contributed by atoms with Crippen LogP contribution < -0.4 is 34.7 Å². The third-order valence-electron chi connectivity index (χ3n) is 2.85. The quantitative estimate of drug-likeness (QED) is 0.689. The molecule has 1 unspecified atom stereocenters. The molecule has 0 amide bonds. The molecule has 0 saturated carbocycles. The van der Waals surface area contributed by atoms with Crippen molar-refractivity contribution in [2.75, 3.05) is 0 Å². The number of hydrogen-bond acceptors (Lipinski definition) is 3. The van der Waals surface area contributed by atoms with Gasteiger partial charge >= 0.3 is 29.6 Å². The van der Waals surface area contributed by atoms with Crippen molar-refractivity contribution in [2.45, 2.75) is 39.5 Å². The zero-order valence-corrected chi connectivity index (χ0v) is 12.9. The Morgan fingerprint density at radius 1 is 1.47 bits per heavy atom. The SMILES string of the molecule is CCCC(C)c1cc(C(=O)[O-])c(C)cc1O.[Na+]. The van der Waals surface area contributed by atoms with Crippen molar-refractivity contribution in [1.82, 2.24) is 0 Å². The molecular weight excluding hydrogens is 227 g/mol. The molecule has 0 radical (unpaired) electrons. The van der Waals surface area contributed by atoms with Gasteiger partial charge in [-0.05, 0) is 42.5 Å². The van der Waals surface area contributed by atoms with Gasteiger partial charge in [-0.3, -0.25) is 0 Å². The largest absolute Gasteiger partial charge is 1.00 e. The predicted octanol–water partition coefficient (Wildman–Crippen LogP) is -1.03. The number of carbonyl (C=O) groups excluding carboxylic acids is 1. The van der Waals surface area contributed by atoms with Crippen molar-refractivity contribution in [3.8, 4) is 5.75 Å². The van der Waals surface area contributed by atoms with Gasteiger partial charge in [-0.1, -0.05) is 20.3 Å². The molecule has 88 valence electrons. The molecule has 0 heterocycles. The molecule has 0 aromatic heterocycles. The Labute approximate surface area is 124 Å². The first-order chi connectivity index (χ1) is 7.47. The fourth-order valence-electron chi connectivity index (χ4n) is 1.91.